The van der Waals surface area contributed by atoms with Crippen molar-refractivity contribution in [3.8, 4) is 11.1 Å². The third kappa shape index (κ3) is 3.82. The van der Waals surface area contributed by atoms with Crippen LogP contribution < -0.4 is 5.32 Å². The van der Waals surface area contributed by atoms with Crippen LogP contribution in [-0.2, 0) is 0 Å². The van der Waals surface area contributed by atoms with Gasteiger partial charge < -0.3 is 20.2 Å². The smallest absolute Gasteiger partial charge is 0.272 e. The van der Waals surface area contributed by atoms with E-state index in [-0.39, 0.29) is 36.4 Å². The first-order chi connectivity index (χ1) is 16.5. The first kappa shape index (κ1) is 22.1. The zero-order chi connectivity index (χ0) is 23.8. The molecule has 0 bridgehead atoms. The van der Waals surface area contributed by atoms with E-state index in [0.717, 1.165) is 28.8 Å². The molecule has 2 aliphatic heterocycles. The van der Waals surface area contributed by atoms with Gasteiger partial charge in [-0.3, -0.25) is 14.6 Å². The van der Waals surface area contributed by atoms with Crippen molar-refractivity contribution in [2.75, 3.05) is 32.6 Å². The van der Waals surface area contributed by atoms with E-state index in [4.69, 9.17) is 0 Å². The number of carbonyl (C=O) groups is 2. The number of rotatable bonds is 4. The van der Waals surface area contributed by atoms with E-state index in [1.807, 2.05) is 47.4 Å². The lowest BCUT2D eigenvalue weighted by Crippen LogP contribution is -2.43. The zero-order valence-corrected chi connectivity index (χ0v) is 19.3. The first-order valence-corrected chi connectivity index (χ1v) is 11.5. The second-order valence-electron chi connectivity index (χ2n) is 9.12. The average molecular weight is 457 g/mol. The van der Waals surface area contributed by atoms with Crippen molar-refractivity contribution in [1.82, 2.24) is 14.8 Å². The molecule has 7 heteroatoms. The molecule has 0 saturated carbocycles. The maximum absolute atomic E-state index is 13.4. The van der Waals surface area contributed by atoms with Crippen LogP contribution in [0, 0.1) is 5.92 Å². The molecule has 34 heavy (non-hydrogen) atoms. The Hall–Kier alpha value is -3.71. The number of benzene rings is 2. The van der Waals surface area contributed by atoms with E-state index in [2.05, 4.69) is 16.4 Å². The van der Waals surface area contributed by atoms with Crippen LogP contribution in [0.25, 0.3) is 11.1 Å². The number of fused-ring (bicyclic) bond motifs is 3. The van der Waals surface area contributed by atoms with Crippen molar-refractivity contribution in [2.45, 2.75) is 18.5 Å². The van der Waals surface area contributed by atoms with Crippen molar-refractivity contribution >= 4 is 17.5 Å². The summed E-state index contributed by atoms with van der Waals surface area (Å²) >= 11 is 0. The highest BCUT2D eigenvalue weighted by Crippen LogP contribution is 2.47. The minimum absolute atomic E-state index is 0.00927. The number of aromatic nitrogens is 1. The Balaban J connectivity index is 1.52. The average Bonchev–Trinajstić information content (AvgIpc) is 3.33. The van der Waals surface area contributed by atoms with Gasteiger partial charge in [-0.05, 0) is 59.5 Å². The van der Waals surface area contributed by atoms with Crippen LogP contribution in [0.15, 0.2) is 66.9 Å². The molecule has 3 aromatic rings. The highest BCUT2D eigenvalue weighted by Gasteiger charge is 2.46. The van der Waals surface area contributed by atoms with Crippen LogP contribution >= 0.6 is 0 Å². The second-order valence-corrected chi connectivity index (χ2v) is 9.12. The van der Waals surface area contributed by atoms with Gasteiger partial charge in [0.05, 0.1) is 18.7 Å². The normalized spacial score (nSPS) is 20.8. The van der Waals surface area contributed by atoms with Crippen LogP contribution in [0.5, 0.6) is 0 Å². The van der Waals surface area contributed by atoms with Gasteiger partial charge >= 0.3 is 0 Å². The maximum atomic E-state index is 13.4. The summed E-state index contributed by atoms with van der Waals surface area (Å²) in [5, 5.41) is 13.5. The number of carbonyl (C=O) groups excluding carboxylic acids is 2. The minimum atomic E-state index is -0.141. The summed E-state index contributed by atoms with van der Waals surface area (Å²) in [5.74, 6) is -0.0104. The van der Waals surface area contributed by atoms with Crippen molar-refractivity contribution in [1.29, 1.82) is 0 Å². The number of nitrogens with one attached hydrogen (secondary N) is 1. The Kier molecular flexibility index (Phi) is 5.79. The largest absolute Gasteiger partial charge is 0.394 e. The van der Waals surface area contributed by atoms with Gasteiger partial charge in [0.25, 0.3) is 11.8 Å². The summed E-state index contributed by atoms with van der Waals surface area (Å²) in [4.78, 5) is 33.3. The van der Waals surface area contributed by atoms with Gasteiger partial charge in [0.1, 0.15) is 5.69 Å². The molecule has 3 heterocycles. The number of hydrogen-bond acceptors (Lipinski definition) is 5. The molecule has 2 aliphatic rings. The summed E-state index contributed by atoms with van der Waals surface area (Å²) in [6.45, 7) is 0.628. The number of hydrogen-bond donors (Lipinski definition) is 2. The summed E-state index contributed by atoms with van der Waals surface area (Å²) in [5.41, 5.74) is 5.07. The highest BCUT2D eigenvalue weighted by atomic mass is 16.3. The van der Waals surface area contributed by atoms with Gasteiger partial charge in [-0.2, -0.15) is 0 Å². The standard InChI is InChI=1S/C27H28N4O3/c1-30(2)26(33)18-8-6-17(7-9-18)19-10-11-22-21(15-19)25-20(24(16-32)29-22)12-14-31(25)27(34)23-5-3-4-13-28-23/h3-11,13,15,20,24-25,29,32H,12,14,16H2,1-2H3/t20-,24-,25-/m0/s1. The third-order valence-corrected chi connectivity index (χ3v) is 6.89. The molecule has 0 spiro atoms. The van der Waals surface area contributed by atoms with Gasteiger partial charge in [0.2, 0.25) is 0 Å². The molecule has 174 valence electrons. The molecule has 1 saturated heterocycles. The molecule has 2 aromatic carbocycles. The van der Waals surface area contributed by atoms with Crippen LogP contribution in [0.2, 0.25) is 0 Å². The van der Waals surface area contributed by atoms with E-state index in [1.165, 1.54) is 0 Å². The van der Waals surface area contributed by atoms with E-state index in [9.17, 15) is 14.7 Å². The van der Waals surface area contributed by atoms with Crippen LogP contribution in [0.3, 0.4) is 0 Å². The van der Waals surface area contributed by atoms with Gasteiger partial charge in [-0.1, -0.05) is 24.3 Å². The lowest BCUT2D eigenvalue weighted by molar-refractivity contribution is 0.0694. The predicted octanol–water partition coefficient (Wildman–Crippen LogP) is 3.44. The topological polar surface area (TPSA) is 85.8 Å². The SMILES string of the molecule is CN(C)C(=O)c1ccc(-c2ccc3c(c2)[C@@H]2[C@@H](CCN2C(=O)c2ccccn2)[C@H](CO)N3)cc1. The zero-order valence-electron chi connectivity index (χ0n) is 19.3. The Bertz CT molecular complexity index is 1210. The van der Waals surface area contributed by atoms with Crippen molar-refractivity contribution in [2.24, 2.45) is 5.92 Å². The Morgan fingerprint density at radius 2 is 1.85 bits per heavy atom. The lowest BCUT2D eigenvalue weighted by atomic mass is 9.82. The van der Waals surface area contributed by atoms with Crippen LogP contribution in [0.4, 0.5) is 5.69 Å². The van der Waals surface area contributed by atoms with Crippen LogP contribution in [-0.4, -0.2) is 65.0 Å². The number of pyridine rings is 1. The van der Waals surface area contributed by atoms with E-state index in [1.54, 1.807) is 37.3 Å². The second kappa shape index (κ2) is 8.91. The summed E-state index contributed by atoms with van der Waals surface area (Å²) in [6.07, 6.45) is 2.45. The fourth-order valence-electron chi connectivity index (χ4n) is 5.17. The molecule has 2 amide bonds. The van der Waals surface area contributed by atoms with E-state index >= 15 is 0 Å². The van der Waals surface area contributed by atoms with Crippen molar-refractivity contribution in [3.63, 3.8) is 0 Å². The fraction of sp³-hybridized carbons (Fsp3) is 0.296. The molecule has 1 aromatic heterocycles. The van der Waals surface area contributed by atoms with Gasteiger partial charge in [-0.15, -0.1) is 0 Å². The van der Waals surface area contributed by atoms with Gasteiger partial charge in [0.15, 0.2) is 0 Å². The lowest BCUT2D eigenvalue weighted by Gasteiger charge is -2.39. The molecule has 3 atom stereocenters. The first-order valence-electron chi connectivity index (χ1n) is 11.5. The quantitative estimate of drug-likeness (QED) is 0.628. The Labute approximate surface area is 199 Å². The van der Waals surface area contributed by atoms with Gasteiger partial charge in [-0.25, -0.2) is 0 Å². The van der Waals surface area contributed by atoms with Crippen LogP contribution in [0.1, 0.15) is 38.9 Å². The van der Waals surface area contributed by atoms with E-state index in [0.29, 0.717) is 17.8 Å². The molecule has 0 radical (unpaired) electrons. The minimum Gasteiger partial charge on any atom is -0.394 e. The number of amides is 2. The number of anilines is 1. The van der Waals surface area contributed by atoms with Crippen molar-refractivity contribution in [3.05, 3.63) is 83.7 Å². The van der Waals surface area contributed by atoms with E-state index < -0.39 is 0 Å². The summed E-state index contributed by atoms with van der Waals surface area (Å²) in [6, 6.07) is 18.9. The number of nitrogens with zero attached hydrogens (tertiary/aromatic N) is 3. The van der Waals surface area contributed by atoms with Crippen molar-refractivity contribution < 1.29 is 14.7 Å². The molecular formula is C27H28N4O3. The molecule has 5 rings (SSSR count). The fourth-order valence-corrected chi connectivity index (χ4v) is 5.17. The molecule has 7 nitrogen and oxygen atoms in total. The predicted molar refractivity (Wildman–Crippen MR) is 131 cm³/mol. The van der Waals surface area contributed by atoms with Gasteiger partial charge in [0, 0.05) is 44.0 Å². The summed E-state index contributed by atoms with van der Waals surface area (Å²) < 4.78 is 0. The number of aliphatic hydroxyl groups is 1. The number of aliphatic hydroxyl groups excluding tert-OH is 1. The third-order valence-electron chi connectivity index (χ3n) is 6.89. The molecular weight excluding hydrogens is 428 g/mol. The molecule has 1 fully saturated rings. The highest BCUT2D eigenvalue weighted by molar-refractivity contribution is 5.94. The molecule has 0 aliphatic carbocycles. The summed E-state index contributed by atoms with van der Waals surface area (Å²) in [7, 11) is 3.48. The Morgan fingerprint density at radius 1 is 1.09 bits per heavy atom. The molecule has 0 unspecified atom stereocenters. The number of likely N-dealkylation sites (tertiary alicyclic amines) is 1. The monoisotopic (exact) mass is 456 g/mol. The maximum Gasteiger partial charge on any atom is 0.272 e. The molecule has 2 N–H and O–H groups in total. The Morgan fingerprint density at radius 3 is 2.53 bits per heavy atom.